The molecule has 8 nitrogen and oxygen atoms in total. The second-order valence-electron chi connectivity index (χ2n) is 3.55. The van der Waals surface area contributed by atoms with Gasteiger partial charge < -0.3 is 9.52 Å². The Hall–Kier alpha value is -3.03. The van der Waals surface area contributed by atoms with Gasteiger partial charge in [-0.15, -0.1) is 0 Å². The molecule has 1 aromatic carbocycles. The summed E-state index contributed by atoms with van der Waals surface area (Å²) in [6, 6.07) is 3.91. The minimum atomic E-state index is -1.76. The standard InChI is InChI=1S/C11H5NO7/c13-7-4-9(10(14)11(15)16)19-8-2-1-5(12(17)18)3-6(7)8/h1-4H,(H,15,16). The number of hydrogen-bond acceptors (Lipinski definition) is 6. The van der Waals surface area contributed by atoms with E-state index in [4.69, 9.17) is 9.52 Å². The molecule has 0 bridgehead atoms. The van der Waals surface area contributed by atoms with Crippen LogP contribution in [0.1, 0.15) is 10.6 Å². The van der Waals surface area contributed by atoms with Gasteiger partial charge in [0.15, 0.2) is 11.2 Å². The quantitative estimate of drug-likeness (QED) is 0.378. The fourth-order valence-corrected chi connectivity index (χ4v) is 1.48. The van der Waals surface area contributed by atoms with Gasteiger partial charge >= 0.3 is 11.8 Å². The summed E-state index contributed by atoms with van der Waals surface area (Å²) in [6.07, 6.45) is 0. The predicted octanol–water partition coefficient (Wildman–Crippen LogP) is 0.969. The molecular formula is C11H5NO7. The molecule has 2 rings (SSSR count). The maximum Gasteiger partial charge on any atom is 0.380 e. The first kappa shape index (κ1) is 12.4. The smallest absolute Gasteiger partial charge is 0.380 e. The largest absolute Gasteiger partial charge is 0.475 e. The lowest BCUT2D eigenvalue weighted by Gasteiger charge is -1.99. The fraction of sp³-hybridized carbons (Fsp3) is 0. The first-order chi connectivity index (χ1) is 8.90. The van der Waals surface area contributed by atoms with Crippen LogP contribution >= 0.6 is 0 Å². The molecule has 19 heavy (non-hydrogen) atoms. The number of aliphatic carboxylic acids is 1. The van der Waals surface area contributed by atoms with Crippen LogP contribution < -0.4 is 5.43 Å². The van der Waals surface area contributed by atoms with E-state index in [1.165, 1.54) is 0 Å². The third-order valence-electron chi connectivity index (χ3n) is 2.34. The normalized spacial score (nSPS) is 10.3. The molecule has 96 valence electrons. The van der Waals surface area contributed by atoms with E-state index in [0.717, 1.165) is 18.2 Å². The molecule has 1 N–H and O–H groups in total. The van der Waals surface area contributed by atoms with Gasteiger partial charge in [-0.2, -0.15) is 0 Å². The first-order valence-corrected chi connectivity index (χ1v) is 4.90. The highest BCUT2D eigenvalue weighted by atomic mass is 16.6. The summed E-state index contributed by atoms with van der Waals surface area (Å²) in [5, 5.41) is 19.0. The van der Waals surface area contributed by atoms with Gasteiger partial charge in [-0.3, -0.25) is 19.7 Å². The Morgan fingerprint density at radius 1 is 1.26 bits per heavy atom. The molecule has 0 saturated heterocycles. The molecule has 0 aliphatic carbocycles. The van der Waals surface area contributed by atoms with Crippen LogP contribution in [0.3, 0.4) is 0 Å². The summed E-state index contributed by atoms with van der Waals surface area (Å²) in [7, 11) is 0. The van der Waals surface area contributed by atoms with Crippen molar-refractivity contribution in [2.75, 3.05) is 0 Å². The molecule has 1 heterocycles. The van der Waals surface area contributed by atoms with Crippen molar-refractivity contribution >= 4 is 28.4 Å². The molecule has 1 aromatic heterocycles. The number of ketones is 1. The lowest BCUT2D eigenvalue weighted by atomic mass is 10.2. The maximum atomic E-state index is 11.7. The number of carbonyl (C=O) groups is 2. The third-order valence-corrected chi connectivity index (χ3v) is 2.34. The summed E-state index contributed by atoms with van der Waals surface area (Å²) in [5.74, 6) is -3.75. The van der Waals surface area contributed by atoms with Crippen molar-refractivity contribution in [2.24, 2.45) is 0 Å². The number of nitro groups is 1. The molecule has 0 spiro atoms. The van der Waals surface area contributed by atoms with Crippen LogP contribution in [0.4, 0.5) is 5.69 Å². The Bertz CT molecular complexity index is 774. The van der Waals surface area contributed by atoms with Crippen LogP contribution in [0.5, 0.6) is 0 Å². The van der Waals surface area contributed by atoms with Crippen LogP contribution in [0.15, 0.2) is 33.5 Å². The van der Waals surface area contributed by atoms with Crippen LogP contribution in [0.2, 0.25) is 0 Å². The van der Waals surface area contributed by atoms with Gasteiger partial charge in [0.05, 0.1) is 10.3 Å². The number of nitro benzene ring substituents is 1. The zero-order valence-electron chi connectivity index (χ0n) is 9.15. The molecule has 0 unspecified atom stereocenters. The monoisotopic (exact) mass is 263 g/mol. The van der Waals surface area contributed by atoms with Crippen LogP contribution in [0, 0.1) is 10.1 Å². The van der Waals surface area contributed by atoms with Crippen molar-refractivity contribution in [3.05, 3.63) is 50.4 Å². The highest BCUT2D eigenvalue weighted by molar-refractivity contribution is 6.39. The first-order valence-electron chi connectivity index (χ1n) is 4.90. The van der Waals surface area contributed by atoms with E-state index in [9.17, 15) is 24.5 Å². The average Bonchev–Trinajstić information content (AvgIpc) is 2.37. The molecule has 0 saturated carbocycles. The van der Waals surface area contributed by atoms with Gasteiger partial charge in [-0.25, -0.2) is 4.79 Å². The number of hydrogen-bond donors (Lipinski definition) is 1. The fourth-order valence-electron chi connectivity index (χ4n) is 1.48. The summed E-state index contributed by atoms with van der Waals surface area (Å²) in [5.41, 5.74) is -1.13. The number of nitrogens with zero attached hydrogens (tertiary/aromatic N) is 1. The van der Waals surface area contributed by atoms with E-state index in [-0.39, 0.29) is 16.7 Å². The minimum absolute atomic E-state index is 0.0947. The highest BCUT2D eigenvalue weighted by Crippen LogP contribution is 2.19. The van der Waals surface area contributed by atoms with Crippen molar-refractivity contribution < 1.29 is 24.0 Å². The molecule has 0 aliphatic rings. The lowest BCUT2D eigenvalue weighted by molar-refractivity contribution is -0.384. The van der Waals surface area contributed by atoms with Crippen molar-refractivity contribution in [2.45, 2.75) is 0 Å². The van der Waals surface area contributed by atoms with Gasteiger partial charge in [0.25, 0.3) is 5.69 Å². The van der Waals surface area contributed by atoms with E-state index in [1.807, 2.05) is 0 Å². The molecule has 8 heteroatoms. The second-order valence-corrected chi connectivity index (χ2v) is 3.55. The lowest BCUT2D eigenvalue weighted by Crippen LogP contribution is -2.15. The van der Waals surface area contributed by atoms with Crippen molar-refractivity contribution in [1.82, 2.24) is 0 Å². The summed E-state index contributed by atoms with van der Waals surface area (Å²) < 4.78 is 4.95. The summed E-state index contributed by atoms with van der Waals surface area (Å²) in [6.45, 7) is 0. The number of rotatable bonds is 3. The van der Waals surface area contributed by atoms with Gasteiger partial charge in [0.2, 0.25) is 0 Å². The third kappa shape index (κ3) is 2.18. The van der Waals surface area contributed by atoms with Gasteiger partial charge in [0, 0.05) is 18.2 Å². The van der Waals surface area contributed by atoms with Crippen LogP contribution in [-0.4, -0.2) is 21.8 Å². The van der Waals surface area contributed by atoms with Crippen LogP contribution in [0.25, 0.3) is 11.0 Å². The number of fused-ring (bicyclic) bond motifs is 1. The van der Waals surface area contributed by atoms with Gasteiger partial charge in [-0.05, 0) is 6.07 Å². The number of benzene rings is 1. The summed E-state index contributed by atoms with van der Waals surface area (Å²) in [4.78, 5) is 43.2. The molecule has 0 amide bonds. The molecular weight excluding hydrogens is 258 g/mol. The number of non-ortho nitro benzene ring substituents is 1. The molecule has 0 atom stereocenters. The van der Waals surface area contributed by atoms with Gasteiger partial charge in [-0.1, -0.05) is 0 Å². The number of Topliss-reactive ketones (excluding diaryl/α,β-unsaturated/α-hetero) is 1. The van der Waals surface area contributed by atoms with E-state index in [2.05, 4.69) is 0 Å². The van der Waals surface area contributed by atoms with E-state index >= 15 is 0 Å². The van der Waals surface area contributed by atoms with E-state index < -0.39 is 27.9 Å². The summed E-state index contributed by atoms with van der Waals surface area (Å²) >= 11 is 0. The van der Waals surface area contributed by atoms with Crippen molar-refractivity contribution in [3.8, 4) is 0 Å². The second kappa shape index (κ2) is 4.33. The zero-order chi connectivity index (χ0) is 14.2. The minimum Gasteiger partial charge on any atom is -0.475 e. The Kier molecular flexibility index (Phi) is 2.83. The number of carboxylic acids is 1. The SMILES string of the molecule is O=C(O)C(=O)c1cc(=O)c2cc([N+](=O)[O-])ccc2o1. The molecule has 0 aliphatic heterocycles. The Morgan fingerprint density at radius 3 is 2.53 bits per heavy atom. The Balaban J connectivity index is 2.70. The topological polar surface area (TPSA) is 128 Å². The molecule has 0 fully saturated rings. The predicted molar refractivity (Wildman–Crippen MR) is 61.1 cm³/mol. The van der Waals surface area contributed by atoms with Crippen LogP contribution in [-0.2, 0) is 4.79 Å². The number of carbonyl (C=O) groups excluding carboxylic acids is 1. The van der Waals surface area contributed by atoms with E-state index in [0.29, 0.717) is 6.07 Å². The molecule has 0 radical (unpaired) electrons. The zero-order valence-corrected chi connectivity index (χ0v) is 9.15. The highest BCUT2D eigenvalue weighted by Gasteiger charge is 2.20. The van der Waals surface area contributed by atoms with Gasteiger partial charge in [0.1, 0.15) is 5.58 Å². The molecule has 2 aromatic rings. The maximum absolute atomic E-state index is 11.7. The Labute approximate surface area is 104 Å². The van der Waals surface area contributed by atoms with Crippen molar-refractivity contribution in [3.63, 3.8) is 0 Å². The number of carboxylic acid groups (broad SMARTS) is 1. The average molecular weight is 263 g/mol. The Morgan fingerprint density at radius 2 is 1.95 bits per heavy atom. The van der Waals surface area contributed by atoms with Crippen molar-refractivity contribution in [1.29, 1.82) is 0 Å². The van der Waals surface area contributed by atoms with E-state index in [1.54, 1.807) is 0 Å².